The molecule has 0 radical (unpaired) electrons. The third kappa shape index (κ3) is 4.32. The van der Waals surface area contributed by atoms with Crippen molar-refractivity contribution in [2.75, 3.05) is 19.5 Å². The van der Waals surface area contributed by atoms with Crippen molar-refractivity contribution in [2.45, 2.75) is 0 Å². The van der Waals surface area contributed by atoms with Gasteiger partial charge in [0.1, 0.15) is 5.75 Å². The number of carbonyl (C=O) groups is 1. The molecule has 0 aliphatic carbocycles. The number of carbonyl (C=O) groups excluding carboxylic acids is 1. The standard InChI is InChI=1S/C19H15F2N3O4/c1-26-16-10-17(27-2)24-19(23-16)28-15-6-4-3-5-12(15)18(25)22-11-7-8-13(20)14(21)9-11/h3-10H,1-2H3,(H,22,25). The van der Waals surface area contributed by atoms with Crippen LogP contribution in [-0.4, -0.2) is 30.1 Å². The quantitative estimate of drug-likeness (QED) is 0.693. The summed E-state index contributed by atoms with van der Waals surface area (Å²) in [6, 6.07) is 10.7. The van der Waals surface area contributed by atoms with Gasteiger partial charge in [-0.15, -0.1) is 0 Å². The Hall–Kier alpha value is -3.75. The smallest absolute Gasteiger partial charge is 0.328 e. The largest absolute Gasteiger partial charge is 0.481 e. The van der Waals surface area contributed by atoms with E-state index in [1.165, 1.54) is 38.5 Å². The van der Waals surface area contributed by atoms with Gasteiger partial charge in [0.05, 0.1) is 25.8 Å². The topological polar surface area (TPSA) is 82.6 Å². The number of nitrogens with one attached hydrogen (secondary N) is 1. The van der Waals surface area contributed by atoms with Gasteiger partial charge in [-0.05, 0) is 24.3 Å². The molecule has 3 aromatic rings. The summed E-state index contributed by atoms with van der Waals surface area (Å²) in [6.07, 6.45) is 0. The van der Waals surface area contributed by atoms with Gasteiger partial charge in [-0.25, -0.2) is 8.78 Å². The molecule has 1 N–H and O–H groups in total. The van der Waals surface area contributed by atoms with Gasteiger partial charge < -0.3 is 19.5 Å². The summed E-state index contributed by atoms with van der Waals surface area (Å²) in [5, 5.41) is 2.48. The lowest BCUT2D eigenvalue weighted by atomic mass is 10.2. The van der Waals surface area contributed by atoms with Crippen LogP contribution in [0.5, 0.6) is 23.5 Å². The van der Waals surface area contributed by atoms with Crippen molar-refractivity contribution in [1.29, 1.82) is 0 Å². The fourth-order valence-electron chi connectivity index (χ4n) is 2.25. The number of anilines is 1. The Balaban J connectivity index is 1.86. The van der Waals surface area contributed by atoms with Crippen LogP contribution in [0.3, 0.4) is 0 Å². The van der Waals surface area contributed by atoms with E-state index < -0.39 is 17.5 Å². The van der Waals surface area contributed by atoms with Crippen LogP contribution < -0.4 is 19.5 Å². The van der Waals surface area contributed by atoms with Gasteiger partial charge >= 0.3 is 6.01 Å². The highest BCUT2D eigenvalue weighted by Crippen LogP contribution is 2.27. The number of hydrogen-bond donors (Lipinski definition) is 1. The molecule has 0 saturated carbocycles. The van der Waals surface area contributed by atoms with Gasteiger partial charge in [-0.2, -0.15) is 9.97 Å². The average molecular weight is 387 g/mol. The number of benzene rings is 2. The van der Waals surface area contributed by atoms with Crippen molar-refractivity contribution in [3.63, 3.8) is 0 Å². The molecule has 0 aliphatic rings. The first-order valence-electron chi connectivity index (χ1n) is 8.00. The van der Waals surface area contributed by atoms with Crippen molar-refractivity contribution in [3.8, 4) is 23.5 Å². The van der Waals surface area contributed by atoms with Crippen LogP contribution in [0.1, 0.15) is 10.4 Å². The molecule has 28 heavy (non-hydrogen) atoms. The third-order valence-corrected chi connectivity index (χ3v) is 3.59. The van der Waals surface area contributed by atoms with E-state index in [-0.39, 0.29) is 34.8 Å². The Labute approximate surface area is 158 Å². The molecule has 2 aromatic carbocycles. The second-order valence-corrected chi connectivity index (χ2v) is 5.42. The number of para-hydroxylation sites is 1. The first kappa shape index (κ1) is 19.0. The van der Waals surface area contributed by atoms with E-state index in [9.17, 15) is 13.6 Å². The van der Waals surface area contributed by atoms with Crippen molar-refractivity contribution in [1.82, 2.24) is 9.97 Å². The monoisotopic (exact) mass is 387 g/mol. The Morgan fingerprint density at radius 1 is 0.929 bits per heavy atom. The second-order valence-electron chi connectivity index (χ2n) is 5.42. The maximum atomic E-state index is 13.4. The highest BCUT2D eigenvalue weighted by Gasteiger charge is 2.16. The molecule has 144 valence electrons. The van der Waals surface area contributed by atoms with Crippen LogP contribution >= 0.6 is 0 Å². The van der Waals surface area contributed by atoms with Crippen LogP contribution in [0, 0.1) is 11.6 Å². The summed E-state index contributed by atoms with van der Waals surface area (Å²) in [6.45, 7) is 0. The molecule has 3 rings (SSSR count). The lowest BCUT2D eigenvalue weighted by Crippen LogP contribution is -2.13. The zero-order valence-electron chi connectivity index (χ0n) is 14.9. The summed E-state index contributed by atoms with van der Waals surface area (Å²) >= 11 is 0. The third-order valence-electron chi connectivity index (χ3n) is 3.59. The van der Waals surface area contributed by atoms with Gasteiger partial charge in [0.2, 0.25) is 11.8 Å². The van der Waals surface area contributed by atoms with Crippen molar-refractivity contribution < 1.29 is 27.8 Å². The highest BCUT2D eigenvalue weighted by molar-refractivity contribution is 6.06. The molecule has 9 heteroatoms. The van der Waals surface area contributed by atoms with E-state index in [0.717, 1.165) is 12.1 Å². The highest BCUT2D eigenvalue weighted by atomic mass is 19.2. The predicted octanol–water partition coefficient (Wildman–Crippen LogP) is 3.82. The number of hydrogen-bond acceptors (Lipinski definition) is 6. The van der Waals surface area contributed by atoms with E-state index in [1.54, 1.807) is 12.1 Å². The molecular weight excluding hydrogens is 372 g/mol. The SMILES string of the molecule is COc1cc(OC)nc(Oc2ccccc2C(=O)Nc2ccc(F)c(F)c2)n1. The van der Waals surface area contributed by atoms with Crippen molar-refractivity contribution >= 4 is 11.6 Å². The van der Waals surface area contributed by atoms with Crippen LogP contribution in [0.25, 0.3) is 0 Å². The molecule has 0 aliphatic heterocycles. The zero-order chi connectivity index (χ0) is 20.1. The first-order valence-corrected chi connectivity index (χ1v) is 8.00. The zero-order valence-corrected chi connectivity index (χ0v) is 14.9. The minimum atomic E-state index is -1.07. The molecule has 1 amide bonds. The molecule has 0 saturated heterocycles. The van der Waals surface area contributed by atoms with Gasteiger partial charge in [-0.3, -0.25) is 4.79 Å². The number of methoxy groups -OCH3 is 2. The maximum absolute atomic E-state index is 13.4. The number of ether oxygens (including phenoxy) is 3. The fraction of sp³-hybridized carbons (Fsp3) is 0.105. The van der Waals surface area contributed by atoms with E-state index in [4.69, 9.17) is 14.2 Å². The fourth-order valence-corrected chi connectivity index (χ4v) is 2.25. The number of amides is 1. The summed E-state index contributed by atoms with van der Waals surface area (Å²) in [7, 11) is 2.85. The Morgan fingerprint density at radius 3 is 2.25 bits per heavy atom. The normalized spacial score (nSPS) is 10.3. The van der Waals surface area contributed by atoms with Crippen LogP contribution in [0.4, 0.5) is 14.5 Å². The molecule has 7 nitrogen and oxygen atoms in total. The van der Waals surface area contributed by atoms with Gasteiger partial charge in [-0.1, -0.05) is 12.1 Å². The molecule has 0 atom stereocenters. The summed E-state index contributed by atoms with van der Waals surface area (Å²) < 4.78 is 42.1. The molecule has 0 bridgehead atoms. The molecule has 1 aromatic heterocycles. The number of nitrogens with zero attached hydrogens (tertiary/aromatic N) is 2. The van der Waals surface area contributed by atoms with Crippen LogP contribution in [-0.2, 0) is 0 Å². The summed E-state index contributed by atoms with van der Waals surface area (Å²) in [5.74, 6) is -2.09. The van der Waals surface area contributed by atoms with Crippen LogP contribution in [0.15, 0.2) is 48.5 Å². The first-order chi connectivity index (χ1) is 13.5. The average Bonchev–Trinajstić information content (AvgIpc) is 2.70. The Bertz CT molecular complexity index is 992. The van der Waals surface area contributed by atoms with Gasteiger partial charge in [0, 0.05) is 11.8 Å². The van der Waals surface area contributed by atoms with Crippen LogP contribution in [0.2, 0.25) is 0 Å². The number of rotatable bonds is 6. The summed E-state index contributed by atoms with van der Waals surface area (Å²) in [5.41, 5.74) is 0.232. The number of halogens is 2. The Morgan fingerprint density at radius 2 is 1.61 bits per heavy atom. The minimum absolute atomic E-state index is 0.0933. The van der Waals surface area contributed by atoms with E-state index in [1.807, 2.05) is 0 Å². The maximum Gasteiger partial charge on any atom is 0.328 e. The second kappa shape index (κ2) is 8.30. The molecular formula is C19H15F2N3O4. The number of aromatic nitrogens is 2. The lowest BCUT2D eigenvalue weighted by Gasteiger charge is -2.11. The van der Waals surface area contributed by atoms with Crippen molar-refractivity contribution in [3.05, 3.63) is 65.7 Å². The van der Waals surface area contributed by atoms with Gasteiger partial charge in [0.25, 0.3) is 5.91 Å². The molecule has 1 heterocycles. The van der Waals surface area contributed by atoms with E-state index in [0.29, 0.717) is 0 Å². The lowest BCUT2D eigenvalue weighted by molar-refractivity contribution is 0.102. The minimum Gasteiger partial charge on any atom is -0.481 e. The summed E-state index contributed by atoms with van der Waals surface area (Å²) in [4.78, 5) is 20.7. The van der Waals surface area contributed by atoms with Gasteiger partial charge in [0.15, 0.2) is 11.6 Å². The van der Waals surface area contributed by atoms with E-state index in [2.05, 4.69) is 15.3 Å². The van der Waals surface area contributed by atoms with Crippen molar-refractivity contribution in [2.24, 2.45) is 0 Å². The molecule has 0 fully saturated rings. The van der Waals surface area contributed by atoms with E-state index >= 15 is 0 Å². The molecule has 0 spiro atoms. The predicted molar refractivity (Wildman–Crippen MR) is 96.0 cm³/mol. The molecule has 0 unspecified atom stereocenters. The Kier molecular flexibility index (Phi) is 5.64.